The highest BCUT2D eigenvalue weighted by molar-refractivity contribution is 5.92. The van der Waals surface area contributed by atoms with Gasteiger partial charge in [0, 0.05) is 17.5 Å². The lowest BCUT2D eigenvalue weighted by molar-refractivity contribution is 0.354. The third kappa shape index (κ3) is 2.36. The van der Waals surface area contributed by atoms with E-state index in [1.54, 1.807) is 7.11 Å². The normalized spacial score (nSPS) is 20.2. The standard InChI is InChI=1S/C19H18F2N2O/c1-24-14-4-2-10(3-5-14)18-17(11-6-13(22)7-11)15-8-12(20)9-16(21)19(15)23-18/h2-5,8-9,11,13,23H,6-7,22H2,1H3. The van der Waals surface area contributed by atoms with Crippen LogP contribution in [0.5, 0.6) is 5.75 Å². The fourth-order valence-corrected chi connectivity index (χ4v) is 3.55. The number of hydrogen-bond donors (Lipinski definition) is 2. The summed E-state index contributed by atoms with van der Waals surface area (Å²) in [6.07, 6.45) is 1.66. The Labute approximate surface area is 138 Å². The van der Waals surface area contributed by atoms with Crippen molar-refractivity contribution in [3.63, 3.8) is 0 Å². The first-order chi connectivity index (χ1) is 11.6. The Kier molecular flexibility index (Phi) is 3.53. The average molecular weight is 328 g/mol. The molecule has 24 heavy (non-hydrogen) atoms. The number of ether oxygens (including phenoxy) is 1. The molecule has 0 amide bonds. The van der Waals surface area contributed by atoms with Crippen molar-refractivity contribution >= 4 is 10.9 Å². The minimum Gasteiger partial charge on any atom is -0.497 e. The fourth-order valence-electron chi connectivity index (χ4n) is 3.55. The van der Waals surface area contributed by atoms with Gasteiger partial charge in [-0.25, -0.2) is 8.78 Å². The molecule has 1 aliphatic rings. The molecule has 1 fully saturated rings. The van der Waals surface area contributed by atoms with Crippen LogP contribution >= 0.6 is 0 Å². The minimum absolute atomic E-state index is 0.155. The van der Waals surface area contributed by atoms with Gasteiger partial charge in [-0.05, 0) is 60.2 Å². The molecule has 124 valence electrons. The first-order valence-electron chi connectivity index (χ1n) is 7.97. The summed E-state index contributed by atoms with van der Waals surface area (Å²) in [6.45, 7) is 0. The molecule has 1 aliphatic carbocycles. The molecule has 0 radical (unpaired) electrons. The highest BCUT2D eigenvalue weighted by Gasteiger charge is 2.32. The summed E-state index contributed by atoms with van der Waals surface area (Å²) in [5.74, 6) is -0.175. The number of methoxy groups -OCH3 is 1. The Bertz CT molecular complexity index is 896. The van der Waals surface area contributed by atoms with Gasteiger partial charge in [0.05, 0.1) is 18.3 Å². The van der Waals surface area contributed by atoms with E-state index in [9.17, 15) is 8.78 Å². The maximum absolute atomic E-state index is 14.2. The average Bonchev–Trinajstić information content (AvgIpc) is 2.91. The molecular formula is C19H18F2N2O. The van der Waals surface area contributed by atoms with Crippen LogP contribution in [0.15, 0.2) is 36.4 Å². The van der Waals surface area contributed by atoms with Crippen LogP contribution in [0.2, 0.25) is 0 Å². The molecule has 0 spiro atoms. The zero-order valence-corrected chi connectivity index (χ0v) is 13.3. The van der Waals surface area contributed by atoms with Crippen molar-refractivity contribution in [3.8, 4) is 17.0 Å². The molecule has 0 saturated heterocycles. The van der Waals surface area contributed by atoms with Crippen LogP contribution in [0.4, 0.5) is 8.78 Å². The van der Waals surface area contributed by atoms with Crippen LogP contribution in [0.25, 0.3) is 22.2 Å². The van der Waals surface area contributed by atoms with Gasteiger partial charge in [0.25, 0.3) is 0 Å². The molecule has 2 aromatic carbocycles. The number of H-pyrrole nitrogens is 1. The van der Waals surface area contributed by atoms with Gasteiger partial charge in [0.2, 0.25) is 0 Å². The molecule has 0 unspecified atom stereocenters. The van der Waals surface area contributed by atoms with E-state index in [-0.39, 0.29) is 12.0 Å². The molecular weight excluding hydrogens is 310 g/mol. The lowest BCUT2D eigenvalue weighted by Crippen LogP contribution is -2.34. The lowest BCUT2D eigenvalue weighted by atomic mass is 9.75. The summed E-state index contributed by atoms with van der Waals surface area (Å²) in [7, 11) is 1.61. The molecule has 3 aromatic rings. The molecule has 1 heterocycles. The largest absolute Gasteiger partial charge is 0.497 e. The minimum atomic E-state index is -0.574. The molecule has 3 N–H and O–H groups in total. The van der Waals surface area contributed by atoms with E-state index in [1.165, 1.54) is 6.07 Å². The summed E-state index contributed by atoms with van der Waals surface area (Å²) in [4.78, 5) is 3.15. The maximum atomic E-state index is 14.2. The van der Waals surface area contributed by atoms with Gasteiger partial charge < -0.3 is 15.5 Å². The number of nitrogens with two attached hydrogens (primary N) is 1. The summed E-state index contributed by atoms with van der Waals surface area (Å²) in [6, 6.07) is 10.0. The van der Waals surface area contributed by atoms with E-state index in [2.05, 4.69) is 4.98 Å². The Morgan fingerprint density at radius 1 is 1.12 bits per heavy atom. The third-order valence-electron chi connectivity index (χ3n) is 4.83. The molecule has 0 bridgehead atoms. The predicted molar refractivity (Wildman–Crippen MR) is 90.2 cm³/mol. The summed E-state index contributed by atoms with van der Waals surface area (Å²) >= 11 is 0. The van der Waals surface area contributed by atoms with E-state index in [0.29, 0.717) is 10.9 Å². The number of aromatic amines is 1. The molecule has 1 saturated carbocycles. The van der Waals surface area contributed by atoms with Crippen LogP contribution in [0.1, 0.15) is 24.3 Å². The number of aromatic nitrogens is 1. The zero-order valence-electron chi connectivity index (χ0n) is 13.3. The zero-order chi connectivity index (χ0) is 16.8. The molecule has 0 atom stereocenters. The number of benzene rings is 2. The van der Waals surface area contributed by atoms with Crippen LogP contribution in [0.3, 0.4) is 0 Å². The second kappa shape index (κ2) is 5.60. The van der Waals surface area contributed by atoms with Crippen molar-refractivity contribution in [1.29, 1.82) is 0 Å². The van der Waals surface area contributed by atoms with Crippen molar-refractivity contribution in [2.24, 2.45) is 5.73 Å². The Balaban J connectivity index is 1.92. The van der Waals surface area contributed by atoms with Crippen molar-refractivity contribution < 1.29 is 13.5 Å². The second-order valence-electron chi connectivity index (χ2n) is 6.38. The molecule has 3 nitrogen and oxygen atoms in total. The summed E-state index contributed by atoms with van der Waals surface area (Å²) < 4.78 is 33.2. The van der Waals surface area contributed by atoms with Crippen LogP contribution in [-0.2, 0) is 0 Å². The number of hydrogen-bond acceptors (Lipinski definition) is 2. The number of fused-ring (bicyclic) bond motifs is 1. The highest BCUT2D eigenvalue weighted by atomic mass is 19.1. The molecule has 5 heteroatoms. The molecule has 1 aromatic heterocycles. The SMILES string of the molecule is COc1ccc(-c2[nH]c3c(F)cc(F)cc3c2C2CC(N)C2)cc1. The first-order valence-corrected chi connectivity index (χ1v) is 7.97. The number of halogens is 2. The van der Waals surface area contributed by atoms with Crippen LogP contribution in [-0.4, -0.2) is 18.1 Å². The Morgan fingerprint density at radius 3 is 2.46 bits per heavy atom. The molecule has 0 aliphatic heterocycles. The fraction of sp³-hybridized carbons (Fsp3) is 0.263. The van der Waals surface area contributed by atoms with Gasteiger partial charge in [0.1, 0.15) is 17.4 Å². The first kappa shape index (κ1) is 15.1. The Hall–Kier alpha value is -2.40. The number of rotatable bonds is 3. The number of nitrogens with one attached hydrogen (secondary N) is 1. The molecule has 4 rings (SSSR count). The van der Waals surface area contributed by atoms with Gasteiger partial charge >= 0.3 is 0 Å². The van der Waals surface area contributed by atoms with Gasteiger partial charge in [-0.15, -0.1) is 0 Å². The van der Waals surface area contributed by atoms with Crippen molar-refractivity contribution in [1.82, 2.24) is 4.98 Å². The van der Waals surface area contributed by atoms with Gasteiger partial charge in [-0.3, -0.25) is 0 Å². The van der Waals surface area contributed by atoms with Crippen molar-refractivity contribution in [3.05, 3.63) is 53.6 Å². The van der Waals surface area contributed by atoms with E-state index in [0.717, 1.165) is 41.5 Å². The van der Waals surface area contributed by atoms with E-state index in [4.69, 9.17) is 10.5 Å². The summed E-state index contributed by atoms with van der Waals surface area (Å²) in [5.41, 5.74) is 8.98. The van der Waals surface area contributed by atoms with Crippen LogP contribution < -0.4 is 10.5 Å². The topological polar surface area (TPSA) is 51.0 Å². The smallest absolute Gasteiger partial charge is 0.150 e. The monoisotopic (exact) mass is 328 g/mol. The maximum Gasteiger partial charge on any atom is 0.150 e. The highest BCUT2D eigenvalue weighted by Crippen LogP contribution is 2.45. The lowest BCUT2D eigenvalue weighted by Gasteiger charge is -2.33. The van der Waals surface area contributed by atoms with E-state index >= 15 is 0 Å². The van der Waals surface area contributed by atoms with E-state index in [1.807, 2.05) is 24.3 Å². The predicted octanol–water partition coefficient (Wildman–Crippen LogP) is 4.33. The van der Waals surface area contributed by atoms with Gasteiger partial charge in [-0.1, -0.05) is 0 Å². The van der Waals surface area contributed by atoms with Crippen molar-refractivity contribution in [2.45, 2.75) is 24.8 Å². The summed E-state index contributed by atoms with van der Waals surface area (Å²) in [5, 5.41) is 0.607. The second-order valence-corrected chi connectivity index (χ2v) is 6.38. The van der Waals surface area contributed by atoms with Crippen LogP contribution in [0, 0.1) is 11.6 Å². The van der Waals surface area contributed by atoms with Gasteiger partial charge in [0.15, 0.2) is 0 Å². The van der Waals surface area contributed by atoms with Crippen molar-refractivity contribution in [2.75, 3.05) is 7.11 Å². The Morgan fingerprint density at radius 2 is 1.83 bits per heavy atom. The van der Waals surface area contributed by atoms with Gasteiger partial charge in [-0.2, -0.15) is 0 Å². The third-order valence-corrected chi connectivity index (χ3v) is 4.83. The quantitative estimate of drug-likeness (QED) is 0.752. The van der Waals surface area contributed by atoms with E-state index < -0.39 is 11.6 Å².